The Kier molecular flexibility index (Phi) is 5.07. The van der Waals surface area contributed by atoms with Crippen molar-refractivity contribution in [1.29, 1.82) is 0 Å². The Labute approximate surface area is 117 Å². The largest absolute Gasteiger partial charge is 0.488 e. The zero-order valence-electron chi connectivity index (χ0n) is 11.3. The van der Waals surface area contributed by atoms with Gasteiger partial charge in [-0.1, -0.05) is 25.1 Å². The maximum atomic E-state index is 13.5. The highest BCUT2D eigenvalue weighted by Crippen LogP contribution is 2.21. The number of hydrogen-bond acceptors (Lipinski definition) is 2. The minimum Gasteiger partial charge on any atom is -0.488 e. The van der Waals surface area contributed by atoms with Crippen LogP contribution in [0, 0.1) is 11.6 Å². The zero-order valence-corrected chi connectivity index (χ0v) is 11.3. The van der Waals surface area contributed by atoms with E-state index in [2.05, 4.69) is 5.32 Å². The fourth-order valence-electron chi connectivity index (χ4n) is 1.86. The predicted molar refractivity (Wildman–Crippen MR) is 74.5 cm³/mol. The first-order valence-corrected chi connectivity index (χ1v) is 6.56. The first-order chi connectivity index (χ1) is 9.70. The Hall–Kier alpha value is -1.94. The molecule has 0 aliphatic rings. The number of ether oxygens (including phenoxy) is 1. The van der Waals surface area contributed by atoms with Crippen LogP contribution in [0.3, 0.4) is 0 Å². The van der Waals surface area contributed by atoms with Crippen molar-refractivity contribution >= 4 is 0 Å². The predicted octanol–water partition coefficient (Wildman–Crippen LogP) is 3.65. The van der Waals surface area contributed by atoms with Crippen LogP contribution in [-0.2, 0) is 13.2 Å². The van der Waals surface area contributed by atoms with Crippen LogP contribution in [0.4, 0.5) is 8.78 Å². The lowest BCUT2D eigenvalue weighted by molar-refractivity contribution is 0.295. The van der Waals surface area contributed by atoms with Gasteiger partial charge < -0.3 is 10.1 Å². The van der Waals surface area contributed by atoms with E-state index >= 15 is 0 Å². The van der Waals surface area contributed by atoms with Gasteiger partial charge in [0.2, 0.25) is 0 Å². The minimum absolute atomic E-state index is 0.122. The van der Waals surface area contributed by atoms with Gasteiger partial charge in [0.1, 0.15) is 24.0 Å². The molecular formula is C16H17F2NO. The Morgan fingerprint density at radius 1 is 1.05 bits per heavy atom. The molecule has 2 aromatic rings. The van der Waals surface area contributed by atoms with Crippen LogP contribution < -0.4 is 10.1 Å². The van der Waals surface area contributed by atoms with E-state index in [1.165, 1.54) is 18.2 Å². The van der Waals surface area contributed by atoms with Gasteiger partial charge in [0.05, 0.1) is 0 Å². The molecule has 1 N–H and O–H groups in total. The molecule has 0 unspecified atom stereocenters. The lowest BCUT2D eigenvalue weighted by atomic mass is 10.2. The van der Waals surface area contributed by atoms with Gasteiger partial charge in [-0.25, -0.2) is 8.78 Å². The highest BCUT2D eigenvalue weighted by atomic mass is 19.1. The molecule has 0 bridgehead atoms. The summed E-state index contributed by atoms with van der Waals surface area (Å²) in [6.07, 6.45) is 0. The summed E-state index contributed by atoms with van der Waals surface area (Å²) in [6, 6.07) is 10.8. The van der Waals surface area contributed by atoms with E-state index in [4.69, 9.17) is 4.74 Å². The Morgan fingerprint density at radius 3 is 2.60 bits per heavy atom. The molecule has 0 aromatic heterocycles. The summed E-state index contributed by atoms with van der Waals surface area (Å²) in [7, 11) is 0. The molecule has 0 aliphatic heterocycles. The Balaban J connectivity index is 2.10. The van der Waals surface area contributed by atoms with Crippen LogP contribution in [-0.4, -0.2) is 6.54 Å². The van der Waals surface area contributed by atoms with Crippen molar-refractivity contribution in [2.45, 2.75) is 20.1 Å². The number of hydrogen-bond donors (Lipinski definition) is 1. The zero-order chi connectivity index (χ0) is 14.4. The van der Waals surface area contributed by atoms with Gasteiger partial charge in [-0.3, -0.25) is 0 Å². The SMILES string of the molecule is CCNCc1cc(F)ccc1OCc1ccccc1F. The summed E-state index contributed by atoms with van der Waals surface area (Å²) in [5, 5.41) is 3.12. The van der Waals surface area contributed by atoms with Crippen molar-refractivity contribution in [1.82, 2.24) is 5.32 Å². The van der Waals surface area contributed by atoms with E-state index in [1.54, 1.807) is 24.3 Å². The second kappa shape index (κ2) is 7.01. The van der Waals surface area contributed by atoms with Crippen molar-refractivity contribution in [3.05, 3.63) is 65.2 Å². The lowest BCUT2D eigenvalue weighted by Gasteiger charge is -2.12. The molecule has 0 radical (unpaired) electrons. The molecule has 20 heavy (non-hydrogen) atoms. The Bertz CT molecular complexity index is 572. The van der Waals surface area contributed by atoms with Gasteiger partial charge >= 0.3 is 0 Å². The van der Waals surface area contributed by atoms with Gasteiger partial charge in [0.25, 0.3) is 0 Å². The third-order valence-corrected chi connectivity index (χ3v) is 2.93. The molecule has 0 fully saturated rings. The highest BCUT2D eigenvalue weighted by molar-refractivity contribution is 5.34. The summed E-state index contributed by atoms with van der Waals surface area (Å²) in [5.41, 5.74) is 1.20. The smallest absolute Gasteiger partial charge is 0.129 e. The summed E-state index contributed by atoms with van der Waals surface area (Å²) in [4.78, 5) is 0. The molecule has 2 nitrogen and oxygen atoms in total. The highest BCUT2D eigenvalue weighted by Gasteiger charge is 2.07. The molecule has 0 amide bonds. The first kappa shape index (κ1) is 14.5. The van der Waals surface area contributed by atoms with E-state index in [1.807, 2.05) is 6.92 Å². The van der Waals surface area contributed by atoms with Gasteiger partial charge in [-0.05, 0) is 30.8 Å². The monoisotopic (exact) mass is 277 g/mol. The van der Waals surface area contributed by atoms with E-state index in [-0.39, 0.29) is 18.2 Å². The maximum Gasteiger partial charge on any atom is 0.129 e. The molecule has 0 atom stereocenters. The quantitative estimate of drug-likeness (QED) is 0.870. The minimum atomic E-state index is -0.309. The number of halogens is 2. The molecule has 0 spiro atoms. The molecular weight excluding hydrogens is 260 g/mol. The third-order valence-electron chi connectivity index (χ3n) is 2.93. The van der Waals surface area contributed by atoms with Crippen LogP contribution in [0.25, 0.3) is 0 Å². The van der Waals surface area contributed by atoms with Gasteiger partial charge in [0.15, 0.2) is 0 Å². The second-order valence-corrected chi connectivity index (χ2v) is 4.41. The normalized spacial score (nSPS) is 10.6. The lowest BCUT2D eigenvalue weighted by Crippen LogP contribution is -2.13. The van der Waals surface area contributed by atoms with Crippen molar-refractivity contribution in [2.24, 2.45) is 0 Å². The topological polar surface area (TPSA) is 21.3 Å². The van der Waals surface area contributed by atoms with Gasteiger partial charge in [-0.2, -0.15) is 0 Å². The molecule has 2 rings (SSSR count). The summed E-state index contributed by atoms with van der Waals surface area (Å²) < 4.78 is 32.4. The summed E-state index contributed by atoms with van der Waals surface area (Å²) >= 11 is 0. The van der Waals surface area contributed by atoms with Crippen molar-refractivity contribution < 1.29 is 13.5 Å². The number of benzene rings is 2. The third kappa shape index (κ3) is 3.78. The fraction of sp³-hybridized carbons (Fsp3) is 0.250. The molecule has 0 heterocycles. The van der Waals surface area contributed by atoms with Crippen LogP contribution >= 0.6 is 0 Å². The fourth-order valence-corrected chi connectivity index (χ4v) is 1.86. The molecule has 4 heteroatoms. The van der Waals surface area contributed by atoms with Crippen molar-refractivity contribution in [3.8, 4) is 5.75 Å². The molecule has 0 saturated carbocycles. The molecule has 0 aliphatic carbocycles. The second-order valence-electron chi connectivity index (χ2n) is 4.41. The van der Waals surface area contributed by atoms with E-state index in [0.717, 1.165) is 12.1 Å². The van der Waals surface area contributed by atoms with Crippen molar-refractivity contribution in [3.63, 3.8) is 0 Å². The summed E-state index contributed by atoms with van der Waals surface area (Å²) in [6.45, 7) is 3.39. The standard InChI is InChI=1S/C16H17F2NO/c1-2-19-10-13-9-14(17)7-8-16(13)20-11-12-5-3-4-6-15(12)18/h3-9,19H,2,10-11H2,1H3. The van der Waals surface area contributed by atoms with Gasteiger partial charge in [0, 0.05) is 17.7 Å². The molecule has 106 valence electrons. The molecule has 2 aromatic carbocycles. The van der Waals surface area contributed by atoms with E-state index < -0.39 is 0 Å². The average molecular weight is 277 g/mol. The van der Waals surface area contributed by atoms with Gasteiger partial charge in [-0.15, -0.1) is 0 Å². The van der Waals surface area contributed by atoms with Crippen molar-refractivity contribution in [2.75, 3.05) is 6.54 Å². The molecule has 0 saturated heterocycles. The first-order valence-electron chi connectivity index (χ1n) is 6.56. The Morgan fingerprint density at radius 2 is 1.85 bits per heavy atom. The van der Waals surface area contributed by atoms with Crippen LogP contribution in [0.15, 0.2) is 42.5 Å². The maximum absolute atomic E-state index is 13.5. The van der Waals surface area contributed by atoms with Crippen LogP contribution in [0.5, 0.6) is 5.75 Å². The van der Waals surface area contributed by atoms with Crippen LogP contribution in [0.1, 0.15) is 18.1 Å². The van der Waals surface area contributed by atoms with E-state index in [0.29, 0.717) is 17.9 Å². The van der Waals surface area contributed by atoms with Crippen LogP contribution in [0.2, 0.25) is 0 Å². The summed E-state index contributed by atoms with van der Waals surface area (Å²) in [5.74, 6) is -0.0467. The average Bonchev–Trinajstić information content (AvgIpc) is 2.45. The number of rotatable bonds is 6. The number of nitrogens with one attached hydrogen (secondary N) is 1. The van der Waals surface area contributed by atoms with E-state index in [9.17, 15) is 8.78 Å².